The van der Waals surface area contributed by atoms with Crippen molar-refractivity contribution in [3.63, 3.8) is 0 Å². The standard InChI is InChI=1S/C28H42/c1-3-5-6-8-22-10-12-26-20-28(16-14-24(26)18-22)27-15-13-23-17-21(7-4-2)9-11-25(23)19-27/h4,7,14,16,20-23,25,27H,3,5-6,8-13,15,17-19H2,1-2H3/b7-4+. The number of rotatable bonds is 6. The molecule has 5 atom stereocenters. The first kappa shape index (κ1) is 20.2. The molecule has 0 radical (unpaired) electrons. The van der Waals surface area contributed by atoms with Crippen molar-refractivity contribution < 1.29 is 0 Å². The number of aryl methyl sites for hydroxylation is 1. The summed E-state index contributed by atoms with van der Waals surface area (Å²) in [6, 6.07) is 7.67. The molecule has 1 aromatic rings. The minimum Gasteiger partial charge on any atom is -0.0914 e. The lowest BCUT2D eigenvalue weighted by atomic mass is 9.63. The zero-order chi connectivity index (χ0) is 19.3. The summed E-state index contributed by atoms with van der Waals surface area (Å²) in [7, 11) is 0. The van der Waals surface area contributed by atoms with E-state index in [-0.39, 0.29) is 0 Å². The Labute approximate surface area is 174 Å². The largest absolute Gasteiger partial charge is 0.0914 e. The van der Waals surface area contributed by atoms with Crippen LogP contribution in [0.1, 0.15) is 107 Å². The molecule has 3 aliphatic carbocycles. The van der Waals surface area contributed by atoms with E-state index in [4.69, 9.17) is 0 Å². The van der Waals surface area contributed by atoms with Gasteiger partial charge in [-0.2, -0.15) is 0 Å². The lowest BCUT2D eigenvalue weighted by Gasteiger charge is -2.42. The number of fused-ring (bicyclic) bond motifs is 2. The molecule has 0 bridgehead atoms. The van der Waals surface area contributed by atoms with Gasteiger partial charge in [-0.25, -0.2) is 0 Å². The molecule has 154 valence electrons. The van der Waals surface area contributed by atoms with Gasteiger partial charge in [0.15, 0.2) is 0 Å². The molecule has 4 rings (SSSR count). The highest BCUT2D eigenvalue weighted by Gasteiger charge is 2.35. The Bertz CT molecular complexity index is 654. The predicted octanol–water partition coefficient (Wildman–Crippen LogP) is 8.25. The van der Waals surface area contributed by atoms with Gasteiger partial charge in [0.25, 0.3) is 0 Å². The quantitative estimate of drug-likeness (QED) is 0.345. The van der Waals surface area contributed by atoms with E-state index >= 15 is 0 Å². The second-order valence-corrected chi connectivity index (χ2v) is 10.3. The predicted molar refractivity (Wildman–Crippen MR) is 122 cm³/mol. The molecule has 0 nitrogen and oxygen atoms in total. The third kappa shape index (κ3) is 4.74. The van der Waals surface area contributed by atoms with Crippen molar-refractivity contribution in [3.8, 4) is 0 Å². The molecular formula is C28H42. The Balaban J connectivity index is 1.35. The zero-order valence-electron chi connectivity index (χ0n) is 18.5. The van der Waals surface area contributed by atoms with Crippen LogP contribution < -0.4 is 0 Å². The van der Waals surface area contributed by atoms with Crippen molar-refractivity contribution in [2.75, 3.05) is 0 Å². The van der Waals surface area contributed by atoms with Gasteiger partial charge in [-0.3, -0.25) is 0 Å². The number of hydrogen-bond donors (Lipinski definition) is 0. The molecule has 2 fully saturated rings. The third-order valence-corrected chi connectivity index (χ3v) is 8.37. The summed E-state index contributed by atoms with van der Waals surface area (Å²) in [5.74, 6) is 4.67. The fourth-order valence-corrected chi connectivity index (χ4v) is 6.71. The van der Waals surface area contributed by atoms with Gasteiger partial charge >= 0.3 is 0 Å². The Morgan fingerprint density at radius 3 is 2.64 bits per heavy atom. The molecule has 0 heteroatoms. The van der Waals surface area contributed by atoms with Crippen molar-refractivity contribution in [1.82, 2.24) is 0 Å². The molecule has 0 heterocycles. The molecule has 0 spiro atoms. The summed E-state index contributed by atoms with van der Waals surface area (Å²) in [4.78, 5) is 0. The van der Waals surface area contributed by atoms with E-state index in [2.05, 4.69) is 44.2 Å². The van der Waals surface area contributed by atoms with Crippen LogP contribution in [0.15, 0.2) is 30.4 Å². The summed E-state index contributed by atoms with van der Waals surface area (Å²) in [6.45, 7) is 4.51. The van der Waals surface area contributed by atoms with Crippen LogP contribution >= 0.6 is 0 Å². The molecular weight excluding hydrogens is 336 g/mol. The highest BCUT2D eigenvalue weighted by atomic mass is 14.4. The lowest BCUT2D eigenvalue weighted by molar-refractivity contribution is 0.133. The van der Waals surface area contributed by atoms with E-state index in [9.17, 15) is 0 Å². The van der Waals surface area contributed by atoms with Crippen LogP contribution in [0, 0.1) is 23.7 Å². The maximum Gasteiger partial charge on any atom is -0.0159 e. The first-order chi connectivity index (χ1) is 13.8. The molecule has 3 aliphatic rings. The second-order valence-electron chi connectivity index (χ2n) is 10.3. The number of hydrogen-bond acceptors (Lipinski definition) is 0. The van der Waals surface area contributed by atoms with Crippen LogP contribution in [-0.2, 0) is 12.8 Å². The van der Waals surface area contributed by atoms with Crippen LogP contribution in [0.2, 0.25) is 0 Å². The van der Waals surface area contributed by atoms with Crippen molar-refractivity contribution >= 4 is 0 Å². The Morgan fingerprint density at radius 2 is 1.79 bits per heavy atom. The van der Waals surface area contributed by atoms with E-state index in [1.54, 1.807) is 16.7 Å². The first-order valence-electron chi connectivity index (χ1n) is 12.5. The van der Waals surface area contributed by atoms with Crippen molar-refractivity contribution in [2.45, 2.75) is 103 Å². The van der Waals surface area contributed by atoms with Crippen LogP contribution in [0.25, 0.3) is 0 Å². The van der Waals surface area contributed by atoms with Gasteiger partial charge in [0.05, 0.1) is 0 Å². The van der Waals surface area contributed by atoms with Gasteiger partial charge in [-0.15, -0.1) is 0 Å². The highest BCUT2D eigenvalue weighted by Crippen LogP contribution is 2.48. The van der Waals surface area contributed by atoms with Gasteiger partial charge in [-0.05, 0) is 111 Å². The molecule has 0 saturated heterocycles. The molecule has 5 unspecified atom stereocenters. The molecule has 0 aliphatic heterocycles. The number of unbranched alkanes of at least 4 members (excludes halogenated alkanes) is 2. The van der Waals surface area contributed by atoms with Crippen LogP contribution in [0.5, 0.6) is 0 Å². The van der Waals surface area contributed by atoms with E-state index in [0.717, 1.165) is 29.6 Å². The maximum absolute atomic E-state index is 2.63. The maximum atomic E-state index is 2.63. The van der Waals surface area contributed by atoms with E-state index in [1.807, 2.05) is 0 Å². The van der Waals surface area contributed by atoms with Gasteiger partial charge < -0.3 is 0 Å². The topological polar surface area (TPSA) is 0 Å². The summed E-state index contributed by atoms with van der Waals surface area (Å²) in [6.07, 6.45) is 23.3. The van der Waals surface area contributed by atoms with Gasteiger partial charge in [0, 0.05) is 0 Å². The Kier molecular flexibility index (Phi) is 6.97. The molecule has 0 amide bonds. The second kappa shape index (κ2) is 9.64. The molecule has 0 aromatic heterocycles. The summed E-state index contributed by atoms with van der Waals surface area (Å²) in [5, 5.41) is 0. The summed E-state index contributed by atoms with van der Waals surface area (Å²) < 4.78 is 0. The summed E-state index contributed by atoms with van der Waals surface area (Å²) >= 11 is 0. The van der Waals surface area contributed by atoms with Crippen LogP contribution in [0.4, 0.5) is 0 Å². The fourth-order valence-electron chi connectivity index (χ4n) is 6.71. The number of benzene rings is 1. The van der Waals surface area contributed by atoms with Crippen molar-refractivity contribution in [2.24, 2.45) is 23.7 Å². The fraction of sp³-hybridized carbons (Fsp3) is 0.714. The normalized spacial score (nSPS) is 32.9. The molecule has 1 aromatic carbocycles. The SMILES string of the molecule is C/C=C/C1CCC2CC(c3ccc4c(c3)CCC(CCCCC)C4)CCC2C1. The smallest absolute Gasteiger partial charge is 0.0159 e. The average molecular weight is 379 g/mol. The summed E-state index contributed by atoms with van der Waals surface area (Å²) in [5.41, 5.74) is 5.05. The number of allylic oxidation sites excluding steroid dienone is 2. The lowest BCUT2D eigenvalue weighted by Crippen LogP contribution is -2.30. The average Bonchev–Trinajstić information content (AvgIpc) is 2.73. The van der Waals surface area contributed by atoms with E-state index < -0.39 is 0 Å². The molecule has 2 saturated carbocycles. The molecule has 28 heavy (non-hydrogen) atoms. The monoisotopic (exact) mass is 378 g/mol. The Morgan fingerprint density at radius 1 is 0.929 bits per heavy atom. The van der Waals surface area contributed by atoms with Gasteiger partial charge in [-0.1, -0.05) is 63.0 Å². The van der Waals surface area contributed by atoms with E-state index in [1.165, 1.54) is 83.5 Å². The van der Waals surface area contributed by atoms with Crippen molar-refractivity contribution in [1.29, 1.82) is 0 Å². The van der Waals surface area contributed by atoms with Crippen LogP contribution in [-0.4, -0.2) is 0 Å². The first-order valence-corrected chi connectivity index (χ1v) is 12.5. The minimum atomic E-state index is 0.840. The van der Waals surface area contributed by atoms with Crippen molar-refractivity contribution in [3.05, 3.63) is 47.0 Å². The highest BCUT2D eigenvalue weighted by molar-refractivity contribution is 5.36. The third-order valence-electron chi connectivity index (χ3n) is 8.37. The minimum absolute atomic E-state index is 0.840. The van der Waals surface area contributed by atoms with Gasteiger partial charge in [0.2, 0.25) is 0 Å². The molecule has 0 N–H and O–H groups in total. The van der Waals surface area contributed by atoms with E-state index in [0.29, 0.717) is 0 Å². The Hall–Kier alpha value is -1.04. The zero-order valence-corrected chi connectivity index (χ0v) is 18.5. The van der Waals surface area contributed by atoms with Gasteiger partial charge in [0.1, 0.15) is 0 Å². The van der Waals surface area contributed by atoms with Crippen LogP contribution in [0.3, 0.4) is 0 Å².